The Bertz CT molecular complexity index is 385. The molecule has 0 saturated heterocycles. The number of halogens is 2. The first kappa shape index (κ1) is 14.4. The maximum absolute atomic E-state index is 13.6. The molecule has 0 heterocycles. The molecule has 2 unspecified atom stereocenters. The third kappa shape index (κ3) is 4.00. The van der Waals surface area contributed by atoms with Gasteiger partial charge in [0.1, 0.15) is 11.6 Å². The molecule has 19 heavy (non-hydrogen) atoms. The lowest BCUT2D eigenvalue weighted by Gasteiger charge is -2.30. The van der Waals surface area contributed by atoms with E-state index >= 15 is 0 Å². The Balaban J connectivity index is 1.95. The van der Waals surface area contributed by atoms with Crippen molar-refractivity contribution >= 4 is 0 Å². The largest absolute Gasteiger partial charge is 0.314 e. The summed E-state index contributed by atoms with van der Waals surface area (Å²) in [7, 11) is 0. The van der Waals surface area contributed by atoms with E-state index in [2.05, 4.69) is 12.2 Å². The molecule has 0 aromatic heterocycles. The van der Waals surface area contributed by atoms with Gasteiger partial charge in [-0.15, -0.1) is 0 Å². The van der Waals surface area contributed by atoms with Crippen LogP contribution < -0.4 is 5.32 Å². The van der Waals surface area contributed by atoms with Crippen LogP contribution >= 0.6 is 0 Å². The lowest BCUT2D eigenvalue weighted by atomic mass is 9.82. The van der Waals surface area contributed by atoms with E-state index in [9.17, 15) is 8.78 Å². The second-order valence-corrected chi connectivity index (χ2v) is 5.59. The summed E-state index contributed by atoms with van der Waals surface area (Å²) in [5, 5.41) is 3.53. The molecular weight excluding hydrogens is 244 g/mol. The van der Waals surface area contributed by atoms with Gasteiger partial charge in [-0.25, -0.2) is 8.78 Å². The van der Waals surface area contributed by atoms with Crippen LogP contribution in [0.2, 0.25) is 0 Å². The SMILES string of the molecule is CCCNC1CCCC(Cc2c(F)cccc2F)C1. The Morgan fingerprint density at radius 1 is 1.21 bits per heavy atom. The van der Waals surface area contributed by atoms with Crippen LogP contribution in [0.15, 0.2) is 18.2 Å². The van der Waals surface area contributed by atoms with Gasteiger partial charge in [0.2, 0.25) is 0 Å². The smallest absolute Gasteiger partial charge is 0.129 e. The zero-order valence-electron chi connectivity index (χ0n) is 11.6. The molecule has 0 aliphatic heterocycles. The van der Waals surface area contributed by atoms with E-state index < -0.39 is 11.6 Å². The molecular formula is C16H23F2N. The van der Waals surface area contributed by atoms with Crippen molar-refractivity contribution in [3.63, 3.8) is 0 Å². The van der Waals surface area contributed by atoms with Crippen molar-refractivity contribution in [1.29, 1.82) is 0 Å². The van der Waals surface area contributed by atoms with Crippen molar-refractivity contribution in [2.24, 2.45) is 5.92 Å². The summed E-state index contributed by atoms with van der Waals surface area (Å²) in [6.45, 7) is 3.19. The van der Waals surface area contributed by atoms with Gasteiger partial charge in [0.05, 0.1) is 0 Å². The Morgan fingerprint density at radius 3 is 2.63 bits per heavy atom. The van der Waals surface area contributed by atoms with E-state index in [-0.39, 0.29) is 5.56 Å². The molecule has 0 spiro atoms. The van der Waals surface area contributed by atoms with Gasteiger partial charge < -0.3 is 5.32 Å². The molecule has 1 aromatic carbocycles. The topological polar surface area (TPSA) is 12.0 Å². The average Bonchev–Trinajstić information content (AvgIpc) is 2.41. The number of hydrogen-bond acceptors (Lipinski definition) is 1. The van der Waals surface area contributed by atoms with Crippen LogP contribution in [0, 0.1) is 17.6 Å². The molecule has 0 radical (unpaired) electrons. The van der Waals surface area contributed by atoms with Crippen LogP contribution in [-0.2, 0) is 6.42 Å². The molecule has 1 aliphatic rings. The molecule has 2 rings (SSSR count). The molecule has 1 saturated carbocycles. The lowest BCUT2D eigenvalue weighted by Crippen LogP contribution is -2.35. The summed E-state index contributed by atoms with van der Waals surface area (Å²) >= 11 is 0. The van der Waals surface area contributed by atoms with E-state index in [1.807, 2.05) is 0 Å². The van der Waals surface area contributed by atoms with E-state index in [1.54, 1.807) is 0 Å². The Labute approximate surface area is 114 Å². The monoisotopic (exact) mass is 267 g/mol. The maximum atomic E-state index is 13.6. The van der Waals surface area contributed by atoms with Crippen molar-refractivity contribution < 1.29 is 8.78 Å². The van der Waals surface area contributed by atoms with Crippen molar-refractivity contribution in [3.8, 4) is 0 Å². The fraction of sp³-hybridized carbons (Fsp3) is 0.625. The van der Waals surface area contributed by atoms with Gasteiger partial charge in [0.15, 0.2) is 0 Å². The Kier molecular flexibility index (Phi) is 5.32. The van der Waals surface area contributed by atoms with E-state index in [0.717, 1.165) is 32.2 Å². The van der Waals surface area contributed by atoms with Crippen LogP contribution in [-0.4, -0.2) is 12.6 Å². The average molecular weight is 267 g/mol. The first-order chi connectivity index (χ1) is 9.20. The van der Waals surface area contributed by atoms with Gasteiger partial charge in [0.25, 0.3) is 0 Å². The quantitative estimate of drug-likeness (QED) is 0.848. The van der Waals surface area contributed by atoms with Crippen LogP contribution in [0.5, 0.6) is 0 Å². The predicted octanol–water partition coefficient (Wildman–Crippen LogP) is 4.07. The zero-order chi connectivity index (χ0) is 13.7. The molecule has 1 aromatic rings. The van der Waals surface area contributed by atoms with Crippen LogP contribution in [0.1, 0.15) is 44.6 Å². The molecule has 106 valence electrons. The van der Waals surface area contributed by atoms with Gasteiger partial charge in [-0.1, -0.05) is 25.8 Å². The number of rotatable bonds is 5. The lowest BCUT2D eigenvalue weighted by molar-refractivity contribution is 0.280. The predicted molar refractivity (Wildman–Crippen MR) is 74.1 cm³/mol. The zero-order valence-corrected chi connectivity index (χ0v) is 11.6. The Hall–Kier alpha value is -0.960. The highest BCUT2D eigenvalue weighted by molar-refractivity contribution is 5.20. The van der Waals surface area contributed by atoms with Crippen molar-refractivity contribution in [1.82, 2.24) is 5.32 Å². The standard InChI is InChI=1S/C16H23F2N/c1-2-9-19-13-6-3-5-12(10-13)11-14-15(17)7-4-8-16(14)18/h4,7-8,12-13,19H,2-3,5-6,9-11H2,1H3. The minimum atomic E-state index is -0.399. The summed E-state index contributed by atoms with van der Waals surface area (Å²) < 4.78 is 27.3. The summed E-state index contributed by atoms with van der Waals surface area (Å²) in [5.74, 6) is -0.401. The second kappa shape index (κ2) is 6.99. The molecule has 3 heteroatoms. The van der Waals surface area contributed by atoms with Crippen molar-refractivity contribution in [2.75, 3.05) is 6.54 Å². The molecule has 1 N–H and O–H groups in total. The first-order valence-corrected chi connectivity index (χ1v) is 7.37. The fourth-order valence-corrected chi connectivity index (χ4v) is 3.03. The Morgan fingerprint density at radius 2 is 1.95 bits per heavy atom. The second-order valence-electron chi connectivity index (χ2n) is 5.59. The summed E-state index contributed by atoms with van der Waals surface area (Å²) in [4.78, 5) is 0. The third-order valence-electron chi connectivity index (χ3n) is 4.02. The molecule has 1 nitrogen and oxygen atoms in total. The van der Waals surface area contributed by atoms with Crippen molar-refractivity contribution in [3.05, 3.63) is 35.4 Å². The van der Waals surface area contributed by atoms with Gasteiger partial charge in [-0.3, -0.25) is 0 Å². The first-order valence-electron chi connectivity index (χ1n) is 7.37. The summed E-state index contributed by atoms with van der Waals surface area (Å²) in [6.07, 6.45) is 6.12. The van der Waals surface area contributed by atoms with Crippen LogP contribution in [0.25, 0.3) is 0 Å². The van der Waals surface area contributed by atoms with Gasteiger partial charge in [-0.05, 0) is 50.3 Å². The van der Waals surface area contributed by atoms with Gasteiger partial charge in [-0.2, -0.15) is 0 Å². The molecule has 0 amide bonds. The minimum absolute atomic E-state index is 0.267. The van der Waals surface area contributed by atoms with Crippen LogP contribution in [0.3, 0.4) is 0 Å². The number of hydrogen-bond donors (Lipinski definition) is 1. The summed E-state index contributed by atoms with van der Waals surface area (Å²) in [5.41, 5.74) is 0.267. The van der Waals surface area contributed by atoms with Gasteiger partial charge in [0, 0.05) is 11.6 Å². The summed E-state index contributed by atoms with van der Waals surface area (Å²) in [6, 6.07) is 4.66. The highest BCUT2D eigenvalue weighted by Gasteiger charge is 2.23. The van der Waals surface area contributed by atoms with Crippen LogP contribution in [0.4, 0.5) is 8.78 Å². The maximum Gasteiger partial charge on any atom is 0.129 e. The van der Waals surface area contributed by atoms with E-state index in [0.29, 0.717) is 18.4 Å². The molecule has 1 aliphatic carbocycles. The fourth-order valence-electron chi connectivity index (χ4n) is 3.03. The molecule has 2 atom stereocenters. The van der Waals surface area contributed by atoms with Gasteiger partial charge >= 0.3 is 0 Å². The highest BCUT2D eigenvalue weighted by atomic mass is 19.1. The van der Waals surface area contributed by atoms with Crippen molar-refractivity contribution in [2.45, 2.75) is 51.5 Å². The third-order valence-corrected chi connectivity index (χ3v) is 4.02. The normalized spacial score (nSPS) is 23.5. The van der Waals surface area contributed by atoms with E-state index in [1.165, 1.54) is 24.6 Å². The molecule has 1 fully saturated rings. The molecule has 0 bridgehead atoms. The number of nitrogens with one attached hydrogen (secondary N) is 1. The number of benzene rings is 1. The highest BCUT2D eigenvalue weighted by Crippen LogP contribution is 2.29. The van der Waals surface area contributed by atoms with E-state index in [4.69, 9.17) is 0 Å². The minimum Gasteiger partial charge on any atom is -0.314 e.